The van der Waals surface area contributed by atoms with Crippen molar-refractivity contribution in [2.45, 2.75) is 38.6 Å². The Kier molecular flexibility index (Phi) is 7.23. The van der Waals surface area contributed by atoms with Crippen molar-refractivity contribution < 1.29 is 14.7 Å². The molecule has 1 amide bonds. The summed E-state index contributed by atoms with van der Waals surface area (Å²) in [5.41, 5.74) is 7.74. The second-order valence-corrected chi connectivity index (χ2v) is 10.1. The van der Waals surface area contributed by atoms with Gasteiger partial charge < -0.3 is 10.0 Å². The standard InChI is InChI=1S/C30H28N2O3S/c33-29(34)16-11-21-5-4-8-26(17-21)32(30(35)24-6-2-1-3-7-24)19-22-9-12-23(13-10-22)25-14-15-27-28(18-25)36-20-31-27/h4-5,8-18,20,24H,1-3,6-7,19H2,(H,33,34). The summed E-state index contributed by atoms with van der Waals surface area (Å²) < 4.78 is 1.16. The zero-order chi connectivity index (χ0) is 24.9. The molecule has 6 heteroatoms. The van der Waals surface area contributed by atoms with Gasteiger partial charge in [-0.2, -0.15) is 0 Å². The number of carboxylic acid groups (broad SMARTS) is 1. The minimum atomic E-state index is -0.995. The average molecular weight is 497 g/mol. The van der Waals surface area contributed by atoms with E-state index in [1.807, 2.05) is 40.7 Å². The zero-order valence-electron chi connectivity index (χ0n) is 20.0. The van der Waals surface area contributed by atoms with Crippen molar-refractivity contribution in [3.05, 3.63) is 89.4 Å². The van der Waals surface area contributed by atoms with E-state index >= 15 is 0 Å². The Hall–Kier alpha value is -3.77. The molecule has 1 N–H and O–H groups in total. The molecular weight excluding hydrogens is 468 g/mol. The van der Waals surface area contributed by atoms with Gasteiger partial charge in [0, 0.05) is 17.7 Å². The quantitative estimate of drug-likeness (QED) is 0.275. The molecule has 0 aliphatic heterocycles. The van der Waals surface area contributed by atoms with Gasteiger partial charge >= 0.3 is 5.97 Å². The number of amides is 1. The lowest BCUT2D eigenvalue weighted by Gasteiger charge is -2.30. The Balaban J connectivity index is 1.42. The van der Waals surface area contributed by atoms with E-state index in [0.717, 1.165) is 69.9 Å². The number of carbonyl (C=O) groups excluding carboxylic acids is 1. The molecule has 0 spiro atoms. The molecule has 0 radical (unpaired) electrons. The molecular formula is C30H28N2O3S. The average Bonchev–Trinajstić information content (AvgIpc) is 3.39. The second-order valence-electron chi connectivity index (χ2n) is 9.26. The minimum Gasteiger partial charge on any atom is -0.478 e. The Bertz CT molecular complexity index is 1400. The minimum absolute atomic E-state index is 0.0300. The van der Waals surface area contributed by atoms with Crippen LogP contribution in [0.15, 0.2) is 78.3 Å². The highest BCUT2D eigenvalue weighted by molar-refractivity contribution is 7.16. The fraction of sp³-hybridized carbons (Fsp3) is 0.233. The van der Waals surface area contributed by atoms with Gasteiger partial charge in [-0.1, -0.05) is 61.7 Å². The fourth-order valence-electron chi connectivity index (χ4n) is 4.85. The molecule has 0 bridgehead atoms. The summed E-state index contributed by atoms with van der Waals surface area (Å²) in [4.78, 5) is 30.9. The molecule has 0 saturated heterocycles. The predicted octanol–water partition coefficient (Wildman–Crippen LogP) is 7.17. The lowest BCUT2D eigenvalue weighted by atomic mass is 9.88. The van der Waals surface area contributed by atoms with E-state index in [1.54, 1.807) is 17.4 Å². The van der Waals surface area contributed by atoms with Crippen LogP contribution in [0.1, 0.15) is 43.2 Å². The number of anilines is 1. The van der Waals surface area contributed by atoms with Crippen LogP contribution in [0.25, 0.3) is 27.4 Å². The summed E-state index contributed by atoms with van der Waals surface area (Å²) >= 11 is 1.64. The number of hydrogen-bond donors (Lipinski definition) is 1. The van der Waals surface area contributed by atoms with Crippen LogP contribution in [0.3, 0.4) is 0 Å². The third-order valence-electron chi connectivity index (χ3n) is 6.78. The number of benzene rings is 3. The molecule has 0 unspecified atom stereocenters. The van der Waals surface area contributed by atoms with Crippen molar-refractivity contribution in [2.24, 2.45) is 5.92 Å². The molecule has 1 aromatic heterocycles. The van der Waals surface area contributed by atoms with Crippen molar-refractivity contribution in [1.29, 1.82) is 0 Å². The van der Waals surface area contributed by atoms with Gasteiger partial charge in [0.15, 0.2) is 0 Å². The predicted molar refractivity (Wildman–Crippen MR) is 146 cm³/mol. The van der Waals surface area contributed by atoms with Crippen LogP contribution in [0.5, 0.6) is 0 Å². The maximum Gasteiger partial charge on any atom is 0.328 e. The molecule has 3 aromatic carbocycles. The highest BCUT2D eigenvalue weighted by Crippen LogP contribution is 2.30. The van der Waals surface area contributed by atoms with E-state index < -0.39 is 5.97 Å². The number of rotatable bonds is 7. The number of fused-ring (bicyclic) bond motifs is 1. The van der Waals surface area contributed by atoms with Gasteiger partial charge in [-0.3, -0.25) is 4.79 Å². The lowest BCUT2D eigenvalue weighted by molar-refractivity contribution is -0.131. The lowest BCUT2D eigenvalue weighted by Crippen LogP contribution is -2.36. The van der Waals surface area contributed by atoms with Crippen LogP contribution in [0.2, 0.25) is 0 Å². The molecule has 5 nitrogen and oxygen atoms in total. The summed E-state index contributed by atoms with van der Waals surface area (Å²) in [6.45, 7) is 0.468. The Morgan fingerprint density at radius 3 is 2.53 bits per heavy atom. The molecule has 0 atom stereocenters. The molecule has 1 aliphatic carbocycles. The van der Waals surface area contributed by atoms with E-state index in [-0.39, 0.29) is 11.8 Å². The van der Waals surface area contributed by atoms with Crippen LogP contribution in [-0.2, 0) is 16.1 Å². The van der Waals surface area contributed by atoms with Gasteiger partial charge in [0.1, 0.15) is 0 Å². The van der Waals surface area contributed by atoms with Crippen LogP contribution >= 0.6 is 11.3 Å². The van der Waals surface area contributed by atoms with E-state index in [2.05, 4.69) is 41.4 Å². The number of carbonyl (C=O) groups is 2. The zero-order valence-corrected chi connectivity index (χ0v) is 20.8. The van der Waals surface area contributed by atoms with Crippen molar-refractivity contribution in [3.63, 3.8) is 0 Å². The first-order valence-corrected chi connectivity index (χ1v) is 13.2. The number of hydrogen-bond acceptors (Lipinski definition) is 4. The smallest absolute Gasteiger partial charge is 0.328 e. The monoisotopic (exact) mass is 496 g/mol. The molecule has 1 heterocycles. The van der Waals surface area contributed by atoms with Crippen LogP contribution < -0.4 is 4.90 Å². The van der Waals surface area contributed by atoms with E-state index in [1.165, 1.54) is 6.42 Å². The highest BCUT2D eigenvalue weighted by atomic mass is 32.1. The molecule has 5 rings (SSSR count). The molecule has 1 fully saturated rings. The summed E-state index contributed by atoms with van der Waals surface area (Å²) in [6, 6.07) is 22.2. The number of carboxylic acids is 1. The van der Waals surface area contributed by atoms with Crippen molar-refractivity contribution in [2.75, 3.05) is 4.90 Å². The van der Waals surface area contributed by atoms with Gasteiger partial charge in [-0.25, -0.2) is 9.78 Å². The Morgan fingerprint density at radius 2 is 1.75 bits per heavy atom. The normalized spacial score (nSPS) is 14.3. The van der Waals surface area contributed by atoms with Crippen LogP contribution in [0, 0.1) is 5.92 Å². The van der Waals surface area contributed by atoms with Crippen molar-refractivity contribution >= 4 is 45.2 Å². The van der Waals surface area contributed by atoms with Gasteiger partial charge in [0.05, 0.1) is 22.3 Å². The van der Waals surface area contributed by atoms with Crippen molar-refractivity contribution in [1.82, 2.24) is 4.98 Å². The van der Waals surface area contributed by atoms with E-state index in [4.69, 9.17) is 5.11 Å². The SMILES string of the molecule is O=C(O)C=Cc1cccc(N(Cc2ccc(-c3ccc4ncsc4c3)cc2)C(=O)C2CCCCC2)c1. The fourth-order valence-corrected chi connectivity index (χ4v) is 5.57. The maximum absolute atomic E-state index is 13.7. The Morgan fingerprint density at radius 1 is 0.972 bits per heavy atom. The van der Waals surface area contributed by atoms with E-state index in [9.17, 15) is 9.59 Å². The van der Waals surface area contributed by atoms with Gasteiger partial charge in [-0.05, 0) is 65.4 Å². The van der Waals surface area contributed by atoms with Gasteiger partial charge in [0.2, 0.25) is 5.91 Å². The largest absolute Gasteiger partial charge is 0.478 e. The topological polar surface area (TPSA) is 70.5 Å². The number of nitrogens with zero attached hydrogens (tertiary/aromatic N) is 2. The van der Waals surface area contributed by atoms with Gasteiger partial charge in [-0.15, -0.1) is 11.3 Å². The number of aromatic nitrogens is 1. The first-order chi connectivity index (χ1) is 17.6. The molecule has 1 aliphatic rings. The van der Waals surface area contributed by atoms with Crippen LogP contribution in [0.4, 0.5) is 5.69 Å². The number of thiazole rings is 1. The summed E-state index contributed by atoms with van der Waals surface area (Å²) in [7, 11) is 0. The van der Waals surface area contributed by atoms with E-state index in [0.29, 0.717) is 6.54 Å². The summed E-state index contributed by atoms with van der Waals surface area (Å²) in [5, 5.41) is 9.00. The van der Waals surface area contributed by atoms with Crippen molar-refractivity contribution in [3.8, 4) is 11.1 Å². The number of aliphatic carboxylic acids is 1. The van der Waals surface area contributed by atoms with Gasteiger partial charge in [0.25, 0.3) is 0 Å². The molecule has 36 heavy (non-hydrogen) atoms. The first kappa shape index (κ1) is 23.9. The maximum atomic E-state index is 13.7. The second kappa shape index (κ2) is 10.9. The summed E-state index contributed by atoms with van der Waals surface area (Å²) in [5.74, 6) is -0.818. The summed E-state index contributed by atoms with van der Waals surface area (Å²) in [6.07, 6.45) is 7.89. The van der Waals surface area contributed by atoms with Crippen LogP contribution in [-0.4, -0.2) is 22.0 Å². The molecule has 4 aromatic rings. The third kappa shape index (κ3) is 5.55. The molecule has 182 valence electrons. The highest BCUT2D eigenvalue weighted by Gasteiger charge is 2.27. The first-order valence-electron chi connectivity index (χ1n) is 12.3. The third-order valence-corrected chi connectivity index (χ3v) is 7.57. The molecule has 1 saturated carbocycles. The Labute approximate surface area is 214 Å².